The van der Waals surface area contributed by atoms with Crippen molar-refractivity contribution in [1.29, 1.82) is 0 Å². The average molecular weight is 427 g/mol. The highest BCUT2D eigenvalue weighted by Crippen LogP contribution is 2.24. The number of aromatic nitrogens is 2. The molecule has 0 atom stereocenters. The molecule has 2 heterocycles. The largest absolute Gasteiger partial charge is 0.462 e. The van der Waals surface area contributed by atoms with Crippen LogP contribution >= 0.6 is 46.8 Å². The topological polar surface area (TPSA) is 64.1 Å². The van der Waals surface area contributed by atoms with E-state index in [1.807, 2.05) is 5.38 Å². The van der Waals surface area contributed by atoms with Crippen molar-refractivity contribution in [1.82, 2.24) is 9.55 Å². The second-order valence-electron chi connectivity index (χ2n) is 5.19. The number of hydrogen-bond acceptors (Lipinski definition) is 5. The summed E-state index contributed by atoms with van der Waals surface area (Å²) in [5.41, 5.74) is 1.43. The number of fused-ring (bicyclic) bond motifs is 1. The van der Waals surface area contributed by atoms with Gasteiger partial charge in [0.1, 0.15) is 5.03 Å². The number of H-pyrrole nitrogens is 1. The Morgan fingerprint density at radius 3 is 2.92 bits per heavy atom. The maximum Gasteiger partial charge on any atom is 0.349 e. The van der Waals surface area contributed by atoms with E-state index in [1.54, 1.807) is 30.5 Å². The number of ether oxygens (including phenoxy) is 1. The molecule has 0 radical (unpaired) electrons. The van der Waals surface area contributed by atoms with Gasteiger partial charge in [-0.25, -0.2) is 4.79 Å². The Hall–Kier alpha value is -1.93. The van der Waals surface area contributed by atoms with E-state index in [0.717, 1.165) is 0 Å². The molecule has 0 unspecified atom stereocenters. The van der Waals surface area contributed by atoms with Crippen LogP contribution in [0.1, 0.15) is 12.5 Å². The van der Waals surface area contributed by atoms with Gasteiger partial charge in [0.15, 0.2) is 4.77 Å². The molecular weight excluding hydrogens is 415 g/mol. The van der Waals surface area contributed by atoms with Crippen LogP contribution in [0.3, 0.4) is 0 Å². The molecule has 0 spiro atoms. The van der Waals surface area contributed by atoms with Crippen LogP contribution in [0.15, 0.2) is 38.8 Å². The molecule has 0 amide bonds. The Bertz CT molecular complexity index is 1140. The highest BCUT2D eigenvalue weighted by atomic mass is 35.5. The zero-order valence-corrected chi connectivity index (χ0v) is 16.6. The Morgan fingerprint density at radius 2 is 2.19 bits per heavy atom. The number of thiophene rings is 1. The molecule has 2 aromatic heterocycles. The van der Waals surface area contributed by atoms with Gasteiger partial charge in [0, 0.05) is 15.8 Å². The van der Waals surface area contributed by atoms with Gasteiger partial charge < -0.3 is 9.72 Å². The number of carbonyl (C=O) groups is 1. The standard InChI is InChI=1S/C17H12Cl2N2O3S2/c1-2-24-16(23)13(19)6-9-5-10(3-4-12(9)18)21-15(22)11-7-26-8-14(11)20-17(21)25/h3-8H,2H2,1H3,(H,20,25). The normalized spacial score (nSPS) is 11.7. The predicted octanol–water partition coefficient (Wildman–Crippen LogP) is 4.91. The van der Waals surface area contributed by atoms with Gasteiger partial charge >= 0.3 is 5.97 Å². The van der Waals surface area contributed by atoms with Crippen LogP contribution < -0.4 is 5.56 Å². The molecule has 1 aromatic carbocycles. The number of carbonyl (C=O) groups excluding carboxylic acids is 1. The van der Waals surface area contributed by atoms with Crippen molar-refractivity contribution in [2.75, 3.05) is 6.61 Å². The van der Waals surface area contributed by atoms with Crippen molar-refractivity contribution in [3.8, 4) is 5.69 Å². The Labute approximate surface area is 167 Å². The predicted molar refractivity (Wildman–Crippen MR) is 108 cm³/mol. The highest BCUT2D eigenvalue weighted by molar-refractivity contribution is 7.71. The third-order valence-electron chi connectivity index (χ3n) is 3.53. The molecule has 9 heteroatoms. The van der Waals surface area contributed by atoms with Gasteiger partial charge in [-0.3, -0.25) is 9.36 Å². The summed E-state index contributed by atoms with van der Waals surface area (Å²) in [6, 6.07) is 4.91. The van der Waals surface area contributed by atoms with Crippen molar-refractivity contribution in [2.24, 2.45) is 0 Å². The van der Waals surface area contributed by atoms with Crippen molar-refractivity contribution in [3.05, 3.63) is 59.7 Å². The summed E-state index contributed by atoms with van der Waals surface area (Å²) in [4.78, 5) is 27.5. The molecule has 1 N–H and O–H groups in total. The van der Waals surface area contributed by atoms with Crippen molar-refractivity contribution in [3.63, 3.8) is 0 Å². The first-order valence-corrected chi connectivity index (χ1v) is 9.58. The number of halogens is 2. The fraction of sp³-hybridized carbons (Fsp3) is 0.118. The molecule has 0 fully saturated rings. The lowest BCUT2D eigenvalue weighted by atomic mass is 10.1. The molecule has 26 heavy (non-hydrogen) atoms. The van der Waals surface area contributed by atoms with Crippen LogP contribution in [0.5, 0.6) is 0 Å². The van der Waals surface area contributed by atoms with E-state index in [2.05, 4.69) is 4.98 Å². The van der Waals surface area contributed by atoms with E-state index in [9.17, 15) is 9.59 Å². The van der Waals surface area contributed by atoms with Crippen molar-refractivity contribution in [2.45, 2.75) is 6.92 Å². The summed E-state index contributed by atoms with van der Waals surface area (Å²) in [5.74, 6) is -0.648. The summed E-state index contributed by atoms with van der Waals surface area (Å²) >= 11 is 18.9. The summed E-state index contributed by atoms with van der Waals surface area (Å²) < 4.78 is 6.48. The number of aromatic amines is 1. The minimum Gasteiger partial charge on any atom is -0.462 e. The molecule has 0 bridgehead atoms. The number of esters is 1. The third-order valence-corrected chi connectivity index (χ3v) is 5.17. The Kier molecular flexibility index (Phi) is 5.62. The highest BCUT2D eigenvalue weighted by Gasteiger charge is 2.12. The van der Waals surface area contributed by atoms with Gasteiger partial charge in [-0.1, -0.05) is 23.2 Å². The van der Waals surface area contributed by atoms with Crippen LogP contribution in [0, 0.1) is 4.77 Å². The molecule has 0 saturated carbocycles. The minimum absolute atomic E-state index is 0.114. The first-order valence-electron chi connectivity index (χ1n) is 7.48. The van der Waals surface area contributed by atoms with Gasteiger partial charge in [-0.2, -0.15) is 0 Å². The molecule has 5 nitrogen and oxygen atoms in total. The molecule has 0 aliphatic rings. The first-order chi connectivity index (χ1) is 12.4. The molecule has 0 aliphatic heterocycles. The Morgan fingerprint density at radius 1 is 1.42 bits per heavy atom. The molecule has 3 aromatic rings. The first kappa shape index (κ1) is 18.8. The average Bonchev–Trinajstić information content (AvgIpc) is 3.06. The number of rotatable bonds is 4. The molecular formula is C17H12Cl2N2O3S2. The summed E-state index contributed by atoms with van der Waals surface area (Å²) in [6.07, 6.45) is 1.40. The maximum absolute atomic E-state index is 12.8. The van der Waals surface area contributed by atoms with Crippen LogP contribution in [0.25, 0.3) is 22.7 Å². The SMILES string of the molecule is CCOC(=O)C(Cl)=Cc1cc(-n2c(=S)[nH]c3cscc3c2=O)ccc1Cl. The molecule has 134 valence electrons. The van der Waals surface area contributed by atoms with E-state index in [-0.39, 0.29) is 22.0 Å². The quantitative estimate of drug-likeness (QED) is 0.365. The lowest BCUT2D eigenvalue weighted by Gasteiger charge is -2.09. The smallest absolute Gasteiger partial charge is 0.349 e. The zero-order valence-electron chi connectivity index (χ0n) is 13.4. The lowest BCUT2D eigenvalue weighted by molar-refractivity contribution is -0.137. The molecule has 3 rings (SSSR count). The number of nitrogens with one attached hydrogen (secondary N) is 1. The molecule has 0 saturated heterocycles. The number of hydrogen-bond donors (Lipinski definition) is 1. The number of benzene rings is 1. The summed E-state index contributed by atoms with van der Waals surface area (Å²) in [5, 5.41) is 4.38. The van der Waals surface area contributed by atoms with E-state index in [1.165, 1.54) is 22.0 Å². The van der Waals surface area contributed by atoms with Crippen molar-refractivity contribution >= 4 is 69.7 Å². The van der Waals surface area contributed by atoms with E-state index >= 15 is 0 Å². The van der Waals surface area contributed by atoms with Gasteiger partial charge in [0.2, 0.25) is 0 Å². The van der Waals surface area contributed by atoms with Crippen LogP contribution in [-0.4, -0.2) is 22.1 Å². The second-order valence-corrected chi connectivity index (χ2v) is 7.13. The fourth-order valence-electron chi connectivity index (χ4n) is 2.35. The zero-order chi connectivity index (χ0) is 18.8. The lowest BCUT2D eigenvalue weighted by Crippen LogP contribution is -2.19. The van der Waals surface area contributed by atoms with Crippen LogP contribution in [0.2, 0.25) is 5.02 Å². The van der Waals surface area contributed by atoms with Gasteiger partial charge in [-0.05, 0) is 49.0 Å². The van der Waals surface area contributed by atoms with E-state index < -0.39 is 5.97 Å². The number of nitrogens with zero attached hydrogens (tertiary/aromatic N) is 1. The monoisotopic (exact) mass is 426 g/mol. The van der Waals surface area contributed by atoms with Crippen LogP contribution in [-0.2, 0) is 9.53 Å². The van der Waals surface area contributed by atoms with Gasteiger partial charge in [-0.15, -0.1) is 11.3 Å². The van der Waals surface area contributed by atoms with E-state index in [0.29, 0.717) is 27.2 Å². The van der Waals surface area contributed by atoms with Crippen LogP contribution in [0.4, 0.5) is 0 Å². The maximum atomic E-state index is 12.8. The summed E-state index contributed by atoms with van der Waals surface area (Å²) in [7, 11) is 0. The van der Waals surface area contributed by atoms with Gasteiger partial charge in [0.25, 0.3) is 5.56 Å². The summed E-state index contributed by atoms with van der Waals surface area (Å²) in [6.45, 7) is 1.89. The van der Waals surface area contributed by atoms with Crippen molar-refractivity contribution < 1.29 is 9.53 Å². The van der Waals surface area contributed by atoms with Gasteiger partial charge in [0.05, 0.1) is 23.2 Å². The second kappa shape index (κ2) is 7.75. The Balaban J connectivity index is 2.14. The third kappa shape index (κ3) is 3.61. The minimum atomic E-state index is -0.648. The van der Waals surface area contributed by atoms with E-state index in [4.69, 9.17) is 40.2 Å². The fourth-order valence-corrected chi connectivity index (χ4v) is 3.75. The molecule has 0 aliphatic carbocycles.